The van der Waals surface area contributed by atoms with E-state index in [9.17, 15) is 9.59 Å². The van der Waals surface area contributed by atoms with E-state index in [0.717, 1.165) is 10.4 Å². The summed E-state index contributed by atoms with van der Waals surface area (Å²) < 4.78 is 5.94. The highest BCUT2D eigenvalue weighted by Crippen LogP contribution is 2.34. The molecule has 2 aromatic rings. The average Bonchev–Trinajstić information content (AvgIpc) is 3.11. The fraction of sp³-hybridized carbons (Fsp3) is 0.300. The smallest absolute Gasteiger partial charge is 0.258 e. The zero-order valence-corrected chi connectivity index (χ0v) is 17.1. The SMILES string of the molecule is CC1=C(c2cccs2)C(=O)NC(C(C)(C)C(=O)Nc2cc(Cl)ccc2C)O1. The monoisotopic (exact) mass is 404 g/mol. The van der Waals surface area contributed by atoms with Gasteiger partial charge in [0.25, 0.3) is 5.91 Å². The van der Waals surface area contributed by atoms with Crippen LogP contribution in [-0.4, -0.2) is 18.0 Å². The Morgan fingerprint density at radius 2 is 2.04 bits per heavy atom. The molecule has 142 valence electrons. The summed E-state index contributed by atoms with van der Waals surface area (Å²) in [5.74, 6) is -0.0115. The Morgan fingerprint density at radius 3 is 2.67 bits per heavy atom. The van der Waals surface area contributed by atoms with Crippen LogP contribution >= 0.6 is 22.9 Å². The van der Waals surface area contributed by atoms with Gasteiger partial charge in [-0.2, -0.15) is 0 Å². The van der Waals surface area contributed by atoms with E-state index in [-0.39, 0.29) is 11.8 Å². The Balaban J connectivity index is 1.82. The van der Waals surface area contributed by atoms with Gasteiger partial charge in [-0.3, -0.25) is 9.59 Å². The van der Waals surface area contributed by atoms with Crippen molar-refractivity contribution >= 4 is 46.0 Å². The normalized spacial score (nSPS) is 17.4. The van der Waals surface area contributed by atoms with Crippen molar-refractivity contribution in [2.24, 2.45) is 5.41 Å². The first kappa shape index (κ1) is 19.5. The Bertz CT molecular complexity index is 919. The van der Waals surface area contributed by atoms with E-state index in [1.54, 1.807) is 32.9 Å². The summed E-state index contributed by atoms with van der Waals surface area (Å²) in [6.45, 7) is 7.10. The van der Waals surface area contributed by atoms with Gasteiger partial charge in [0.1, 0.15) is 5.76 Å². The molecule has 0 bridgehead atoms. The maximum atomic E-state index is 12.9. The highest BCUT2D eigenvalue weighted by molar-refractivity contribution is 7.11. The predicted molar refractivity (Wildman–Crippen MR) is 109 cm³/mol. The number of carbonyl (C=O) groups excluding carboxylic acids is 2. The number of halogens is 1. The molecule has 1 aliphatic rings. The predicted octanol–water partition coefficient (Wildman–Crippen LogP) is 4.58. The molecule has 27 heavy (non-hydrogen) atoms. The molecule has 0 fully saturated rings. The van der Waals surface area contributed by atoms with Crippen LogP contribution in [0, 0.1) is 12.3 Å². The lowest BCUT2D eigenvalue weighted by molar-refractivity contribution is -0.137. The molecule has 0 aliphatic carbocycles. The van der Waals surface area contributed by atoms with Crippen molar-refractivity contribution in [1.82, 2.24) is 5.32 Å². The lowest BCUT2D eigenvalue weighted by atomic mass is 9.88. The lowest BCUT2D eigenvalue weighted by Crippen LogP contribution is -2.54. The second kappa shape index (κ2) is 7.37. The summed E-state index contributed by atoms with van der Waals surface area (Å²) in [5, 5.41) is 8.15. The number of carbonyl (C=O) groups is 2. The molecule has 5 nitrogen and oxygen atoms in total. The van der Waals surface area contributed by atoms with E-state index in [1.807, 2.05) is 30.5 Å². The molecular formula is C20H21ClN2O3S. The van der Waals surface area contributed by atoms with Gasteiger partial charge in [-0.25, -0.2) is 0 Å². The van der Waals surface area contributed by atoms with Crippen molar-refractivity contribution in [1.29, 1.82) is 0 Å². The number of anilines is 1. The molecule has 1 aromatic heterocycles. The molecule has 1 aromatic carbocycles. The van der Waals surface area contributed by atoms with Gasteiger partial charge in [0, 0.05) is 15.6 Å². The fourth-order valence-electron chi connectivity index (χ4n) is 2.78. The fourth-order valence-corrected chi connectivity index (χ4v) is 3.77. The molecule has 1 atom stereocenters. The van der Waals surface area contributed by atoms with Gasteiger partial charge in [-0.15, -0.1) is 11.3 Å². The number of benzene rings is 1. The maximum absolute atomic E-state index is 12.9. The van der Waals surface area contributed by atoms with E-state index in [4.69, 9.17) is 16.3 Å². The number of hydrogen-bond donors (Lipinski definition) is 2. The van der Waals surface area contributed by atoms with Crippen LogP contribution in [0.1, 0.15) is 31.2 Å². The first-order chi connectivity index (χ1) is 12.7. The largest absolute Gasteiger partial charge is 0.473 e. The van der Waals surface area contributed by atoms with Crippen molar-refractivity contribution < 1.29 is 14.3 Å². The van der Waals surface area contributed by atoms with Gasteiger partial charge < -0.3 is 15.4 Å². The van der Waals surface area contributed by atoms with E-state index in [1.165, 1.54) is 11.3 Å². The Hall–Kier alpha value is -2.31. The van der Waals surface area contributed by atoms with Gasteiger partial charge in [-0.05, 0) is 56.8 Å². The number of rotatable bonds is 4. The zero-order valence-electron chi connectivity index (χ0n) is 15.6. The van der Waals surface area contributed by atoms with E-state index in [0.29, 0.717) is 22.0 Å². The number of amides is 2. The van der Waals surface area contributed by atoms with Gasteiger partial charge in [0.05, 0.1) is 11.0 Å². The average molecular weight is 405 g/mol. The standard InChI is InChI=1S/C20H21ClN2O3S/c1-11-7-8-13(21)10-14(11)22-18(25)20(3,4)19-23-17(24)16(12(2)26-19)15-6-5-9-27-15/h5-10,19H,1-4H3,(H,22,25)(H,23,24). The summed E-state index contributed by atoms with van der Waals surface area (Å²) in [4.78, 5) is 26.4. The summed E-state index contributed by atoms with van der Waals surface area (Å²) in [6.07, 6.45) is -0.784. The minimum absolute atomic E-state index is 0.244. The number of thiophene rings is 1. The van der Waals surface area contributed by atoms with Crippen LogP contribution in [0.3, 0.4) is 0 Å². The first-order valence-corrected chi connectivity index (χ1v) is 9.76. The number of hydrogen-bond acceptors (Lipinski definition) is 4. The highest BCUT2D eigenvalue weighted by Gasteiger charge is 2.43. The zero-order chi connectivity index (χ0) is 19.8. The van der Waals surface area contributed by atoms with Crippen LogP contribution in [0.15, 0.2) is 41.5 Å². The number of ether oxygens (including phenoxy) is 1. The Labute approximate surface area is 167 Å². The summed E-state index contributed by atoms with van der Waals surface area (Å²) >= 11 is 7.49. The van der Waals surface area contributed by atoms with Gasteiger partial charge in [0.2, 0.25) is 5.91 Å². The maximum Gasteiger partial charge on any atom is 0.258 e. The van der Waals surface area contributed by atoms with Crippen molar-refractivity contribution in [2.75, 3.05) is 5.32 Å². The summed E-state index contributed by atoms with van der Waals surface area (Å²) in [7, 11) is 0. The number of aryl methyl sites for hydroxylation is 1. The number of allylic oxidation sites excluding steroid dienone is 1. The molecule has 0 saturated heterocycles. The van der Waals surface area contributed by atoms with Crippen LogP contribution in [0.2, 0.25) is 5.02 Å². The minimum atomic E-state index is -1.01. The third kappa shape index (κ3) is 3.87. The van der Waals surface area contributed by atoms with Crippen molar-refractivity contribution in [3.05, 3.63) is 56.9 Å². The van der Waals surface area contributed by atoms with E-state index < -0.39 is 11.6 Å². The van der Waals surface area contributed by atoms with Gasteiger partial charge >= 0.3 is 0 Å². The van der Waals surface area contributed by atoms with E-state index >= 15 is 0 Å². The quantitative estimate of drug-likeness (QED) is 0.783. The van der Waals surface area contributed by atoms with E-state index in [2.05, 4.69) is 10.6 Å². The highest BCUT2D eigenvalue weighted by atomic mass is 35.5. The molecule has 0 radical (unpaired) electrons. The molecular weight excluding hydrogens is 384 g/mol. The van der Waals surface area contributed by atoms with Crippen LogP contribution in [0.5, 0.6) is 0 Å². The van der Waals surface area contributed by atoms with Gasteiger partial charge in [0.15, 0.2) is 6.23 Å². The van der Waals surface area contributed by atoms with Gasteiger partial charge in [-0.1, -0.05) is 23.7 Å². The van der Waals surface area contributed by atoms with Crippen LogP contribution < -0.4 is 10.6 Å². The first-order valence-electron chi connectivity index (χ1n) is 8.50. The molecule has 2 N–H and O–H groups in total. The molecule has 0 saturated carbocycles. The molecule has 2 amide bonds. The van der Waals surface area contributed by atoms with Crippen LogP contribution in [0.4, 0.5) is 5.69 Å². The molecule has 7 heteroatoms. The summed E-state index contributed by atoms with van der Waals surface area (Å²) in [6, 6.07) is 9.05. The van der Waals surface area contributed by atoms with Crippen molar-refractivity contribution in [3.63, 3.8) is 0 Å². The Morgan fingerprint density at radius 1 is 1.30 bits per heavy atom. The van der Waals surface area contributed by atoms with Crippen molar-refractivity contribution in [3.8, 4) is 0 Å². The number of nitrogens with one attached hydrogen (secondary N) is 2. The van der Waals surface area contributed by atoms with Crippen LogP contribution in [0.25, 0.3) is 5.57 Å². The molecule has 3 rings (SSSR count). The lowest BCUT2D eigenvalue weighted by Gasteiger charge is -2.37. The van der Waals surface area contributed by atoms with Crippen molar-refractivity contribution in [2.45, 2.75) is 33.9 Å². The molecule has 0 spiro atoms. The second-order valence-electron chi connectivity index (χ2n) is 7.01. The third-order valence-electron chi connectivity index (χ3n) is 4.59. The third-order valence-corrected chi connectivity index (χ3v) is 5.71. The summed E-state index contributed by atoms with van der Waals surface area (Å²) in [5.41, 5.74) is 1.03. The topological polar surface area (TPSA) is 67.4 Å². The Kier molecular flexibility index (Phi) is 5.31. The second-order valence-corrected chi connectivity index (χ2v) is 8.40. The molecule has 1 aliphatic heterocycles. The minimum Gasteiger partial charge on any atom is -0.473 e. The molecule has 2 heterocycles. The van der Waals surface area contributed by atoms with Crippen LogP contribution in [-0.2, 0) is 14.3 Å². The molecule has 1 unspecified atom stereocenters.